The van der Waals surface area contributed by atoms with Gasteiger partial charge in [-0.25, -0.2) is 0 Å². The van der Waals surface area contributed by atoms with Gasteiger partial charge in [-0.05, 0) is 43.6 Å². The normalized spacial score (nSPS) is 17.1. The van der Waals surface area contributed by atoms with Crippen LogP contribution in [0.1, 0.15) is 43.0 Å². The molecule has 18 heavy (non-hydrogen) atoms. The molecular weight excluding hydrogens is 244 g/mol. The molecule has 98 valence electrons. The van der Waals surface area contributed by atoms with Gasteiger partial charge in [0, 0.05) is 11.4 Å². The van der Waals surface area contributed by atoms with E-state index in [0.717, 1.165) is 11.3 Å². The molecule has 2 rings (SSSR count). The van der Waals surface area contributed by atoms with E-state index in [9.17, 15) is 4.79 Å². The number of allylic oxidation sites excluding steroid dienone is 1. The van der Waals surface area contributed by atoms with Gasteiger partial charge in [-0.1, -0.05) is 17.7 Å². The second kappa shape index (κ2) is 6.71. The van der Waals surface area contributed by atoms with Crippen molar-refractivity contribution in [3.05, 3.63) is 34.0 Å². The third kappa shape index (κ3) is 3.68. The van der Waals surface area contributed by atoms with Gasteiger partial charge in [-0.15, -0.1) is 11.3 Å². The standard InChI is InChI=1S/C14H20N2OS/c15-13(12-7-4-10-18-12)14(17)16-9-8-11-5-2-1-3-6-11/h4-5,7,10,13H,1-3,6,8-9,15H2,(H,16,17). The Bertz CT molecular complexity index is 411. The molecule has 1 heterocycles. The van der Waals surface area contributed by atoms with Crippen molar-refractivity contribution in [2.75, 3.05) is 6.54 Å². The molecule has 0 saturated carbocycles. The van der Waals surface area contributed by atoms with Crippen LogP contribution in [-0.4, -0.2) is 12.5 Å². The molecule has 1 unspecified atom stereocenters. The summed E-state index contributed by atoms with van der Waals surface area (Å²) in [6.07, 6.45) is 8.25. The van der Waals surface area contributed by atoms with Gasteiger partial charge in [0.2, 0.25) is 5.91 Å². The average molecular weight is 264 g/mol. The van der Waals surface area contributed by atoms with Gasteiger partial charge >= 0.3 is 0 Å². The smallest absolute Gasteiger partial charge is 0.242 e. The van der Waals surface area contributed by atoms with Crippen molar-refractivity contribution in [1.29, 1.82) is 0 Å². The largest absolute Gasteiger partial charge is 0.354 e. The zero-order chi connectivity index (χ0) is 12.8. The van der Waals surface area contributed by atoms with Crippen molar-refractivity contribution in [3.63, 3.8) is 0 Å². The summed E-state index contributed by atoms with van der Waals surface area (Å²) in [6, 6.07) is 3.30. The topological polar surface area (TPSA) is 55.1 Å². The van der Waals surface area contributed by atoms with Gasteiger partial charge in [-0.3, -0.25) is 4.79 Å². The fraction of sp³-hybridized carbons (Fsp3) is 0.500. The van der Waals surface area contributed by atoms with Crippen LogP contribution in [0.25, 0.3) is 0 Å². The molecule has 1 aromatic heterocycles. The van der Waals surface area contributed by atoms with E-state index in [1.807, 2.05) is 17.5 Å². The van der Waals surface area contributed by atoms with Gasteiger partial charge in [0.25, 0.3) is 0 Å². The van der Waals surface area contributed by atoms with Gasteiger partial charge in [0.15, 0.2) is 0 Å². The number of thiophene rings is 1. The molecule has 0 radical (unpaired) electrons. The van der Waals surface area contributed by atoms with E-state index >= 15 is 0 Å². The second-order valence-electron chi connectivity index (χ2n) is 4.64. The zero-order valence-electron chi connectivity index (χ0n) is 10.5. The minimum Gasteiger partial charge on any atom is -0.354 e. The summed E-state index contributed by atoms with van der Waals surface area (Å²) in [6.45, 7) is 0.698. The molecule has 0 fully saturated rings. The monoisotopic (exact) mass is 264 g/mol. The molecule has 0 aliphatic heterocycles. The van der Waals surface area contributed by atoms with E-state index < -0.39 is 6.04 Å². The van der Waals surface area contributed by atoms with Crippen LogP contribution in [0.4, 0.5) is 0 Å². The summed E-state index contributed by atoms with van der Waals surface area (Å²) >= 11 is 1.52. The molecule has 0 saturated heterocycles. The van der Waals surface area contributed by atoms with Crippen LogP contribution in [0.5, 0.6) is 0 Å². The molecule has 1 amide bonds. The minimum atomic E-state index is -0.523. The van der Waals surface area contributed by atoms with Gasteiger partial charge < -0.3 is 11.1 Å². The predicted octanol–water partition coefficient (Wildman–Crippen LogP) is 2.75. The van der Waals surface area contributed by atoms with Gasteiger partial charge in [0.05, 0.1) is 0 Å². The maximum atomic E-state index is 11.8. The molecule has 1 aromatic rings. The van der Waals surface area contributed by atoms with E-state index in [4.69, 9.17) is 5.73 Å². The van der Waals surface area contributed by atoms with Crippen molar-refractivity contribution in [3.8, 4) is 0 Å². The molecule has 4 heteroatoms. The van der Waals surface area contributed by atoms with Crippen molar-refractivity contribution >= 4 is 17.2 Å². The Hall–Kier alpha value is -1.13. The first-order valence-electron chi connectivity index (χ1n) is 6.52. The molecule has 0 spiro atoms. The Labute approximate surface area is 112 Å². The molecule has 3 N–H and O–H groups in total. The summed E-state index contributed by atoms with van der Waals surface area (Å²) in [5.41, 5.74) is 7.36. The number of nitrogens with one attached hydrogen (secondary N) is 1. The predicted molar refractivity (Wildman–Crippen MR) is 75.4 cm³/mol. The molecule has 0 bridgehead atoms. The van der Waals surface area contributed by atoms with Crippen LogP contribution < -0.4 is 11.1 Å². The third-order valence-corrected chi connectivity index (χ3v) is 4.22. The van der Waals surface area contributed by atoms with Crippen LogP contribution in [0.15, 0.2) is 29.2 Å². The first kappa shape index (κ1) is 13.3. The lowest BCUT2D eigenvalue weighted by Gasteiger charge is -2.14. The van der Waals surface area contributed by atoms with Crippen molar-refractivity contribution in [1.82, 2.24) is 5.32 Å². The lowest BCUT2D eigenvalue weighted by Crippen LogP contribution is -2.34. The first-order chi connectivity index (χ1) is 8.77. The molecule has 3 nitrogen and oxygen atoms in total. The maximum absolute atomic E-state index is 11.8. The van der Waals surface area contributed by atoms with Crippen molar-refractivity contribution < 1.29 is 4.79 Å². The van der Waals surface area contributed by atoms with Crippen LogP contribution in [0, 0.1) is 0 Å². The molecular formula is C14H20N2OS. The number of nitrogens with two attached hydrogens (primary N) is 1. The number of amides is 1. The van der Waals surface area contributed by atoms with Gasteiger partial charge in [-0.2, -0.15) is 0 Å². The first-order valence-corrected chi connectivity index (χ1v) is 7.40. The SMILES string of the molecule is NC(C(=O)NCCC1=CCCCC1)c1cccs1. The number of hydrogen-bond donors (Lipinski definition) is 2. The van der Waals surface area contributed by atoms with Crippen LogP contribution in [-0.2, 0) is 4.79 Å². The fourth-order valence-corrected chi connectivity index (χ4v) is 2.91. The van der Waals surface area contributed by atoms with E-state index in [2.05, 4.69) is 11.4 Å². The Kier molecular flexibility index (Phi) is 4.96. The van der Waals surface area contributed by atoms with E-state index in [1.165, 1.54) is 42.6 Å². The third-order valence-electron chi connectivity index (χ3n) is 3.26. The highest BCUT2D eigenvalue weighted by atomic mass is 32.1. The zero-order valence-corrected chi connectivity index (χ0v) is 11.3. The Morgan fingerprint density at radius 2 is 2.39 bits per heavy atom. The average Bonchev–Trinajstić information content (AvgIpc) is 2.93. The summed E-state index contributed by atoms with van der Waals surface area (Å²) < 4.78 is 0. The number of rotatable bonds is 5. The summed E-state index contributed by atoms with van der Waals surface area (Å²) in [7, 11) is 0. The Morgan fingerprint density at radius 1 is 1.50 bits per heavy atom. The highest BCUT2D eigenvalue weighted by Gasteiger charge is 2.16. The van der Waals surface area contributed by atoms with Crippen LogP contribution >= 0.6 is 11.3 Å². The van der Waals surface area contributed by atoms with Crippen molar-refractivity contribution in [2.45, 2.75) is 38.1 Å². The van der Waals surface area contributed by atoms with Crippen LogP contribution in [0.3, 0.4) is 0 Å². The Balaban J connectivity index is 1.73. The lowest BCUT2D eigenvalue weighted by atomic mass is 9.97. The lowest BCUT2D eigenvalue weighted by molar-refractivity contribution is -0.122. The minimum absolute atomic E-state index is 0.0751. The van der Waals surface area contributed by atoms with Gasteiger partial charge in [0.1, 0.15) is 6.04 Å². The van der Waals surface area contributed by atoms with Crippen LogP contribution in [0.2, 0.25) is 0 Å². The molecule has 0 aromatic carbocycles. The molecule has 1 aliphatic carbocycles. The Morgan fingerprint density at radius 3 is 3.06 bits per heavy atom. The van der Waals surface area contributed by atoms with E-state index in [0.29, 0.717) is 6.54 Å². The summed E-state index contributed by atoms with van der Waals surface area (Å²) in [5, 5.41) is 4.86. The summed E-state index contributed by atoms with van der Waals surface area (Å²) in [4.78, 5) is 12.8. The van der Waals surface area contributed by atoms with E-state index in [-0.39, 0.29) is 5.91 Å². The number of hydrogen-bond acceptors (Lipinski definition) is 3. The summed E-state index contributed by atoms with van der Waals surface area (Å²) in [5.74, 6) is -0.0751. The quantitative estimate of drug-likeness (QED) is 0.803. The van der Waals surface area contributed by atoms with Crippen molar-refractivity contribution in [2.24, 2.45) is 5.73 Å². The fourth-order valence-electron chi connectivity index (χ4n) is 2.19. The van der Waals surface area contributed by atoms with E-state index in [1.54, 1.807) is 0 Å². The maximum Gasteiger partial charge on any atom is 0.242 e. The highest BCUT2D eigenvalue weighted by Crippen LogP contribution is 2.20. The molecule has 1 atom stereocenters. The molecule has 1 aliphatic rings. The number of carbonyl (C=O) groups is 1. The number of carbonyl (C=O) groups excluding carboxylic acids is 1. The highest BCUT2D eigenvalue weighted by molar-refractivity contribution is 7.10. The second-order valence-corrected chi connectivity index (χ2v) is 5.62.